The molecule has 0 fully saturated rings. The van der Waals surface area contributed by atoms with E-state index in [4.69, 9.17) is 5.73 Å². The minimum Gasteiger partial charge on any atom is -0.397 e. The zero-order chi connectivity index (χ0) is 13.0. The highest BCUT2D eigenvalue weighted by Crippen LogP contribution is 2.19. The summed E-state index contributed by atoms with van der Waals surface area (Å²) in [5.41, 5.74) is 8.15. The van der Waals surface area contributed by atoms with E-state index in [2.05, 4.69) is 33.4 Å². The zero-order valence-electron chi connectivity index (χ0n) is 9.79. The summed E-state index contributed by atoms with van der Waals surface area (Å²) >= 11 is 3.44. The summed E-state index contributed by atoms with van der Waals surface area (Å²) in [6, 6.07) is 12.5. The lowest BCUT2D eigenvalue weighted by atomic mass is 10.1. The Labute approximate surface area is 114 Å². The smallest absolute Gasteiger partial charge is 0.125 e. The normalized spacial score (nSPS) is 10.3. The van der Waals surface area contributed by atoms with Gasteiger partial charge in [0.05, 0.1) is 11.4 Å². The Hall–Kier alpha value is -1.55. The van der Waals surface area contributed by atoms with Gasteiger partial charge in [-0.05, 0) is 42.3 Å². The molecule has 0 aliphatic carbocycles. The van der Waals surface area contributed by atoms with Crippen molar-refractivity contribution in [2.45, 2.75) is 6.42 Å². The van der Waals surface area contributed by atoms with Gasteiger partial charge in [0.15, 0.2) is 0 Å². The van der Waals surface area contributed by atoms with Gasteiger partial charge < -0.3 is 11.1 Å². The Bertz CT molecular complexity index is 543. The van der Waals surface area contributed by atoms with Crippen LogP contribution in [0.1, 0.15) is 5.56 Å². The second kappa shape index (κ2) is 5.87. The molecule has 18 heavy (non-hydrogen) atoms. The molecular weight excluding hydrogens is 295 g/mol. The summed E-state index contributed by atoms with van der Waals surface area (Å²) in [5, 5.41) is 3.20. The van der Waals surface area contributed by atoms with Crippen molar-refractivity contribution < 1.29 is 4.39 Å². The van der Waals surface area contributed by atoms with Gasteiger partial charge in [0.1, 0.15) is 5.82 Å². The van der Waals surface area contributed by atoms with Crippen LogP contribution in [0.3, 0.4) is 0 Å². The Morgan fingerprint density at radius 3 is 2.72 bits per heavy atom. The van der Waals surface area contributed by atoms with Crippen LogP contribution >= 0.6 is 15.9 Å². The third kappa shape index (κ3) is 3.47. The quantitative estimate of drug-likeness (QED) is 0.843. The van der Waals surface area contributed by atoms with Crippen molar-refractivity contribution in [2.75, 3.05) is 17.6 Å². The molecule has 0 radical (unpaired) electrons. The molecule has 2 rings (SSSR count). The first-order chi connectivity index (χ1) is 8.65. The molecule has 0 bridgehead atoms. The average Bonchev–Trinajstić information content (AvgIpc) is 2.32. The fourth-order valence-electron chi connectivity index (χ4n) is 1.73. The minimum absolute atomic E-state index is 0.315. The number of halogens is 2. The fraction of sp³-hybridized carbons (Fsp3) is 0.143. The molecule has 2 nitrogen and oxygen atoms in total. The molecule has 0 spiro atoms. The number of hydrogen-bond acceptors (Lipinski definition) is 2. The Morgan fingerprint density at radius 1 is 1.17 bits per heavy atom. The summed E-state index contributed by atoms with van der Waals surface area (Å²) in [6.07, 6.45) is 0.885. The number of nitrogen functional groups attached to an aromatic ring is 1. The van der Waals surface area contributed by atoms with Crippen molar-refractivity contribution in [3.05, 3.63) is 58.3 Å². The van der Waals surface area contributed by atoms with Gasteiger partial charge in [-0.1, -0.05) is 28.1 Å². The molecule has 0 amide bonds. The first-order valence-corrected chi connectivity index (χ1v) is 6.48. The molecule has 0 unspecified atom stereocenters. The highest BCUT2D eigenvalue weighted by Gasteiger charge is 2.00. The average molecular weight is 309 g/mol. The second-order valence-corrected chi connectivity index (χ2v) is 4.95. The number of nitrogens with two attached hydrogens (primary N) is 1. The zero-order valence-corrected chi connectivity index (χ0v) is 11.4. The van der Waals surface area contributed by atoms with Gasteiger partial charge in [0.25, 0.3) is 0 Å². The first-order valence-electron chi connectivity index (χ1n) is 5.68. The van der Waals surface area contributed by atoms with Crippen molar-refractivity contribution in [3.8, 4) is 0 Å². The maximum absolute atomic E-state index is 12.9. The summed E-state index contributed by atoms with van der Waals surface area (Å²) < 4.78 is 13.9. The molecule has 94 valence electrons. The van der Waals surface area contributed by atoms with Gasteiger partial charge in [0, 0.05) is 11.0 Å². The number of nitrogens with one attached hydrogen (secondary N) is 1. The van der Waals surface area contributed by atoms with Crippen LogP contribution in [0.4, 0.5) is 15.8 Å². The molecule has 0 atom stereocenters. The molecule has 3 N–H and O–H groups in total. The van der Waals surface area contributed by atoms with Crippen LogP contribution in [0.15, 0.2) is 46.9 Å². The lowest BCUT2D eigenvalue weighted by Crippen LogP contribution is -2.07. The lowest BCUT2D eigenvalue weighted by Gasteiger charge is -2.09. The fourth-order valence-corrected chi connectivity index (χ4v) is 2.18. The van der Waals surface area contributed by atoms with Gasteiger partial charge in [-0.15, -0.1) is 0 Å². The third-order valence-corrected chi connectivity index (χ3v) is 3.13. The van der Waals surface area contributed by atoms with Crippen LogP contribution < -0.4 is 11.1 Å². The van der Waals surface area contributed by atoms with Crippen molar-refractivity contribution >= 4 is 27.3 Å². The van der Waals surface area contributed by atoms with Crippen LogP contribution in [0.5, 0.6) is 0 Å². The summed E-state index contributed by atoms with van der Waals surface area (Å²) in [5.74, 6) is -0.315. The molecule has 0 aliphatic rings. The van der Waals surface area contributed by atoms with Gasteiger partial charge in [0.2, 0.25) is 0 Å². The van der Waals surface area contributed by atoms with Gasteiger partial charge >= 0.3 is 0 Å². The standard InChI is InChI=1S/C14H14BrFN2/c15-11-3-1-2-10(8-11)6-7-18-14-5-4-12(16)9-13(14)17/h1-5,8-9,18H,6-7,17H2. The van der Waals surface area contributed by atoms with Crippen LogP contribution in [-0.4, -0.2) is 6.54 Å². The van der Waals surface area contributed by atoms with Gasteiger partial charge in [-0.3, -0.25) is 0 Å². The maximum Gasteiger partial charge on any atom is 0.125 e. The number of anilines is 2. The molecular formula is C14H14BrFN2. The Kier molecular flexibility index (Phi) is 4.20. The molecule has 4 heteroatoms. The van der Waals surface area contributed by atoms with Crippen molar-refractivity contribution in [3.63, 3.8) is 0 Å². The monoisotopic (exact) mass is 308 g/mol. The van der Waals surface area contributed by atoms with E-state index in [0.717, 1.165) is 23.1 Å². The molecule has 2 aromatic rings. The van der Waals surface area contributed by atoms with Crippen molar-refractivity contribution in [2.24, 2.45) is 0 Å². The van der Waals surface area contributed by atoms with E-state index in [0.29, 0.717) is 5.69 Å². The minimum atomic E-state index is -0.315. The largest absolute Gasteiger partial charge is 0.397 e. The van der Waals surface area contributed by atoms with Crippen molar-refractivity contribution in [1.82, 2.24) is 0 Å². The topological polar surface area (TPSA) is 38.0 Å². The van der Waals surface area contributed by atoms with Gasteiger partial charge in [-0.25, -0.2) is 4.39 Å². The predicted octanol–water partition coefficient (Wildman–Crippen LogP) is 3.83. The van der Waals surface area contributed by atoms with Crippen LogP contribution in [0.2, 0.25) is 0 Å². The summed E-state index contributed by atoms with van der Waals surface area (Å²) in [6.45, 7) is 0.756. The Morgan fingerprint density at radius 2 is 2.00 bits per heavy atom. The van der Waals surface area contributed by atoms with E-state index >= 15 is 0 Å². The van der Waals surface area contributed by atoms with Crippen LogP contribution in [-0.2, 0) is 6.42 Å². The third-order valence-electron chi connectivity index (χ3n) is 2.63. The van der Waals surface area contributed by atoms with Crippen molar-refractivity contribution in [1.29, 1.82) is 0 Å². The SMILES string of the molecule is Nc1cc(F)ccc1NCCc1cccc(Br)c1. The van der Waals surface area contributed by atoms with E-state index in [1.807, 2.05) is 12.1 Å². The highest BCUT2D eigenvalue weighted by molar-refractivity contribution is 9.10. The highest BCUT2D eigenvalue weighted by atomic mass is 79.9. The van der Waals surface area contributed by atoms with E-state index < -0.39 is 0 Å². The summed E-state index contributed by atoms with van der Waals surface area (Å²) in [4.78, 5) is 0. The first kappa shape index (κ1) is 12.9. The molecule has 2 aromatic carbocycles. The van der Waals surface area contributed by atoms with E-state index in [1.54, 1.807) is 6.07 Å². The number of benzene rings is 2. The van der Waals surface area contributed by atoms with E-state index in [-0.39, 0.29) is 5.82 Å². The lowest BCUT2D eigenvalue weighted by molar-refractivity contribution is 0.628. The molecule has 0 heterocycles. The Balaban J connectivity index is 1.92. The predicted molar refractivity (Wildman–Crippen MR) is 77.1 cm³/mol. The molecule has 0 saturated heterocycles. The summed E-state index contributed by atoms with van der Waals surface area (Å²) in [7, 11) is 0. The van der Waals surface area contributed by atoms with Gasteiger partial charge in [-0.2, -0.15) is 0 Å². The molecule has 0 saturated carbocycles. The molecule has 0 aliphatic heterocycles. The second-order valence-electron chi connectivity index (χ2n) is 4.04. The maximum atomic E-state index is 12.9. The molecule has 0 aromatic heterocycles. The van der Waals surface area contributed by atoms with E-state index in [9.17, 15) is 4.39 Å². The van der Waals surface area contributed by atoms with E-state index in [1.165, 1.54) is 17.7 Å². The van der Waals surface area contributed by atoms with Crippen LogP contribution in [0, 0.1) is 5.82 Å². The van der Waals surface area contributed by atoms with Crippen LogP contribution in [0.25, 0.3) is 0 Å². The number of rotatable bonds is 4. The number of hydrogen-bond donors (Lipinski definition) is 2.